The molecule has 0 radical (unpaired) electrons. The predicted molar refractivity (Wildman–Crippen MR) is 235 cm³/mol. The molecule has 1 aromatic heterocycles. The van der Waals surface area contributed by atoms with E-state index in [4.69, 9.17) is 11.5 Å². The van der Waals surface area contributed by atoms with Gasteiger partial charge in [-0.05, 0) is 71.5 Å². The second-order valence-corrected chi connectivity index (χ2v) is 14.8. The summed E-state index contributed by atoms with van der Waals surface area (Å²) in [4.78, 5) is 2.41. The van der Waals surface area contributed by atoms with Gasteiger partial charge in [-0.1, -0.05) is 158 Å². The molecular formula is C52H42N4. The zero-order valence-corrected chi connectivity index (χ0v) is 31.0. The molecular weight excluding hydrogens is 681 g/mol. The first-order chi connectivity index (χ1) is 27.7. The number of aromatic nitrogens is 1. The van der Waals surface area contributed by atoms with Crippen LogP contribution in [0, 0.1) is 11.8 Å². The maximum absolute atomic E-state index is 7.24. The summed E-state index contributed by atoms with van der Waals surface area (Å²) in [5, 5.41) is 2.44. The van der Waals surface area contributed by atoms with Gasteiger partial charge in [0.2, 0.25) is 0 Å². The van der Waals surface area contributed by atoms with Crippen molar-refractivity contribution in [3.8, 4) is 27.9 Å². The Hall–Kier alpha value is -6.88. The highest BCUT2D eigenvalue weighted by molar-refractivity contribution is 6.19. The van der Waals surface area contributed by atoms with Crippen LogP contribution in [0.4, 0.5) is 17.1 Å². The summed E-state index contributed by atoms with van der Waals surface area (Å²) in [6.45, 7) is 0. The Labute approximate surface area is 328 Å². The highest BCUT2D eigenvalue weighted by Gasteiger charge is 2.30. The Morgan fingerprint density at radius 1 is 0.589 bits per heavy atom. The largest absolute Gasteiger partial charge is 0.398 e. The van der Waals surface area contributed by atoms with E-state index in [9.17, 15) is 0 Å². The molecule has 270 valence electrons. The van der Waals surface area contributed by atoms with E-state index in [1.54, 1.807) is 0 Å². The van der Waals surface area contributed by atoms with Crippen molar-refractivity contribution in [3.05, 3.63) is 211 Å². The fourth-order valence-corrected chi connectivity index (χ4v) is 8.97. The summed E-state index contributed by atoms with van der Waals surface area (Å²) in [7, 11) is 0. The van der Waals surface area contributed by atoms with E-state index >= 15 is 0 Å². The van der Waals surface area contributed by atoms with Gasteiger partial charge in [-0.3, -0.25) is 0 Å². The third kappa shape index (κ3) is 5.66. The molecule has 3 atom stereocenters. The minimum absolute atomic E-state index is 0.00962. The van der Waals surface area contributed by atoms with Crippen molar-refractivity contribution >= 4 is 44.6 Å². The van der Waals surface area contributed by atoms with E-state index in [1.807, 2.05) is 18.2 Å². The standard InChI is InChI=1S/C52H42N4/c53-46(36-18-6-2-7-19-36)34-45(35-16-4-1-5-17-35)51(54)37-28-30-39(31-29-37)56-48-26-14-11-23-41(48)43-33-32-42-40-22-10-13-25-47(40)55(38-20-8-3-9-21-38)49-27-15-12-24-44(49)50(42)52(43)56/h1-16,18-35,45,51H,17,53-54H2/b46-34-/t35?,45?,51-/m0/s1. The minimum Gasteiger partial charge on any atom is -0.398 e. The van der Waals surface area contributed by atoms with Crippen LogP contribution in [0.2, 0.25) is 0 Å². The van der Waals surface area contributed by atoms with Crippen LogP contribution >= 0.6 is 0 Å². The highest BCUT2D eigenvalue weighted by Crippen LogP contribution is 2.53. The number of benzene rings is 7. The molecule has 1 aliphatic heterocycles. The van der Waals surface area contributed by atoms with Gasteiger partial charge in [-0.25, -0.2) is 0 Å². The Morgan fingerprint density at radius 2 is 1.25 bits per heavy atom. The van der Waals surface area contributed by atoms with Crippen LogP contribution in [0.5, 0.6) is 0 Å². The normalized spacial score (nSPS) is 15.9. The molecule has 10 rings (SSSR count). The number of nitrogens with two attached hydrogens (primary N) is 2. The van der Waals surface area contributed by atoms with E-state index in [-0.39, 0.29) is 17.9 Å². The van der Waals surface area contributed by atoms with Crippen LogP contribution in [0.15, 0.2) is 200 Å². The molecule has 0 spiro atoms. The Morgan fingerprint density at radius 3 is 2.00 bits per heavy atom. The van der Waals surface area contributed by atoms with Crippen molar-refractivity contribution in [1.82, 2.24) is 4.57 Å². The number of rotatable bonds is 7. The van der Waals surface area contributed by atoms with Gasteiger partial charge in [0.25, 0.3) is 0 Å². The molecule has 4 nitrogen and oxygen atoms in total. The molecule has 0 bridgehead atoms. The summed E-state index contributed by atoms with van der Waals surface area (Å²) in [6.07, 6.45) is 11.8. The second kappa shape index (κ2) is 14.1. The third-order valence-electron chi connectivity index (χ3n) is 11.6. The fourth-order valence-electron chi connectivity index (χ4n) is 8.97. The van der Waals surface area contributed by atoms with Crippen LogP contribution in [0.1, 0.15) is 23.6 Å². The summed E-state index contributed by atoms with van der Waals surface area (Å²) in [5.74, 6) is 0.249. The molecule has 2 aliphatic rings. The minimum atomic E-state index is -0.255. The lowest BCUT2D eigenvalue weighted by Gasteiger charge is -2.29. The lowest BCUT2D eigenvalue weighted by atomic mass is 9.79. The topological polar surface area (TPSA) is 60.2 Å². The monoisotopic (exact) mass is 722 g/mol. The maximum Gasteiger partial charge on any atom is 0.0626 e. The average Bonchev–Trinajstić information content (AvgIpc) is 3.54. The van der Waals surface area contributed by atoms with Crippen LogP contribution in [-0.4, -0.2) is 4.57 Å². The molecule has 4 heteroatoms. The summed E-state index contributed by atoms with van der Waals surface area (Å²) in [6, 6.07) is 60.6. The van der Waals surface area contributed by atoms with Crippen molar-refractivity contribution in [3.63, 3.8) is 0 Å². The highest BCUT2D eigenvalue weighted by atomic mass is 15.1. The van der Waals surface area contributed by atoms with Gasteiger partial charge in [0.05, 0.1) is 22.4 Å². The first kappa shape index (κ1) is 33.7. The molecule has 4 N–H and O–H groups in total. The number of hydrogen-bond acceptors (Lipinski definition) is 3. The van der Waals surface area contributed by atoms with E-state index in [0.717, 1.165) is 46.0 Å². The number of nitrogens with zero attached hydrogens (tertiary/aromatic N) is 2. The fraction of sp³-hybridized carbons (Fsp3) is 0.0769. The Bertz CT molecular complexity index is 2810. The zero-order chi connectivity index (χ0) is 37.6. The van der Waals surface area contributed by atoms with Crippen molar-refractivity contribution in [2.75, 3.05) is 4.90 Å². The van der Waals surface area contributed by atoms with Crippen LogP contribution in [0.3, 0.4) is 0 Å². The van der Waals surface area contributed by atoms with Crippen molar-refractivity contribution in [2.24, 2.45) is 23.3 Å². The van der Waals surface area contributed by atoms with Gasteiger partial charge < -0.3 is 20.9 Å². The Kier molecular flexibility index (Phi) is 8.46. The Balaban J connectivity index is 1.15. The van der Waals surface area contributed by atoms with Gasteiger partial charge in [-0.15, -0.1) is 0 Å². The van der Waals surface area contributed by atoms with Crippen molar-refractivity contribution in [2.45, 2.75) is 12.5 Å². The quantitative estimate of drug-likeness (QED) is 0.172. The summed E-state index contributed by atoms with van der Waals surface area (Å²) in [5.41, 5.74) is 28.5. The number of para-hydroxylation sites is 4. The van der Waals surface area contributed by atoms with Crippen LogP contribution in [0.25, 0.3) is 55.4 Å². The van der Waals surface area contributed by atoms with E-state index in [1.165, 1.54) is 44.1 Å². The predicted octanol–water partition coefficient (Wildman–Crippen LogP) is 12.6. The molecule has 0 amide bonds. The van der Waals surface area contributed by atoms with Crippen LogP contribution in [-0.2, 0) is 0 Å². The average molecular weight is 723 g/mol. The summed E-state index contributed by atoms with van der Waals surface area (Å²) < 4.78 is 2.45. The molecule has 0 saturated carbocycles. The van der Waals surface area contributed by atoms with Gasteiger partial charge >= 0.3 is 0 Å². The smallest absolute Gasteiger partial charge is 0.0626 e. The number of hydrogen-bond donors (Lipinski definition) is 2. The number of allylic oxidation sites excluding steroid dienone is 4. The van der Waals surface area contributed by atoms with E-state index < -0.39 is 0 Å². The number of fused-ring (bicyclic) bond motifs is 9. The molecule has 0 saturated heterocycles. The molecule has 2 heterocycles. The van der Waals surface area contributed by atoms with Gasteiger partial charge in [0, 0.05) is 56.5 Å². The van der Waals surface area contributed by atoms with Gasteiger partial charge in [-0.2, -0.15) is 0 Å². The van der Waals surface area contributed by atoms with Crippen molar-refractivity contribution in [1.29, 1.82) is 0 Å². The van der Waals surface area contributed by atoms with E-state index in [2.05, 4.69) is 192 Å². The molecule has 56 heavy (non-hydrogen) atoms. The SMILES string of the molecule is N/C(=C\C(C1C=CC=CC1)[C@@H](N)c1ccc(-n2c3ccccc3c3ccc4c(c32)-c2ccccc2N(c2ccccc2)c2ccccc2-4)cc1)c1ccccc1. The first-order valence-electron chi connectivity index (χ1n) is 19.5. The molecule has 8 aromatic rings. The molecule has 2 unspecified atom stereocenters. The third-order valence-corrected chi connectivity index (χ3v) is 11.6. The van der Waals surface area contributed by atoms with Gasteiger partial charge in [0.15, 0.2) is 0 Å². The van der Waals surface area contributed by atoms with Gasteiger partial charge in [0.1, 0.15) is 0 Å². The maximum atomic E-state index is 7.24. The van der Waals surface area contributed by atoms with Crippen LogP contribution < -0.4 is 16.4 Å². The lowest BCUT2D eigenvalue weighted by molar-refractivity contribution is 0.403. The van der Waals surface area contributed by atoms with Crippen molar-refractivity contribution < 1.29 is 0 Å². The molecule has 0 fully saturated rings. The lowest BCUT2D eigenvalue weighted by Crippen LogP contribution is -2.27. The number of anilines is 3. The molecule has 7 aromatic carbocycles. The summed E-state index contributed by atoms with van der Waals surface area (Å²) >= 11 is 0. The van der Waals surface area contributed by atoms with E-state index in [0.29, 0.717) is 0 Å². The second-order valence-electron chi connectivity index (χ2n) is 14.8. The first-order valence-corrected chi connectivity index (χ1v) is 19.5. The zero-order valence-electron chi connectivity index (χ0n) is 31.0. The molecule has 1 aliphatic carbocycles.